The number of carbonyl (C=O) groups is 1. The summed E-state index contributed by atoms with van der Waals surface area (Å²) >= 11 is 5.88. The van der Waals surface area contributed by atoms with Gasteiger partial charge in [-0.3, -0.25) is 4.79 Å². The molecule has 0 N–H and O–H groups in total. The molecule has 1 aromatic carbocycles. The zero-order chi connectivity index (χ0) is 15.2. The number of pyridine rings is 1. The SMILES string of the molecule is CCCOC(=O)c1ccc(Cn2cc(Cl)ccc2=O)cc1. The average molecular weight is 306 g/mol. The van der Waals surface area contributed by atoms with Gasteiger partial charge < -0.3 is 9.30 Å². The quantitative estimate of drug-likeness (QED) is 0.797. The maximum absolute atomic E-state index is 11.7. The lowest BCUT2D eigenvalue weighted by molar-refractivity contribution is 0.0505. The van der Waals surface area contributed by atoms with Gasteiger partial charge >= 0.3 is 5.97 Å². The molecule has 110 valence electrons. The van der Waals surface area contributed by atoms with Crippen molar-refractivity contribution in [2.24, 2.45) is 0 Å². The number of esters is 1. The maximum atomic E-state index is 11.7. The molecule has 0 saturated carbocycles. The van der Waals surface area contributed by atoms with Crippen molar-refractivity contribution in [2.75, 3.05) is 6.61 Å². The Balaban J connectivity index is 2.10. The van der Waals surface area contributed by atoms with Crippen molar-refractivity contribution in [1.82, 2.24) is 4.57 Å². The molecule has 5 heteroatoms. The van der Waals surface area contributed by atoms with Crippen LogP contribution in [0.3, 0.4) is 0 Å². The third-order valence-electron chi connectivity index (χ3n) is 2.93. The van der Waals surface area contributed by atoms with Crippen LogP contribution in [0, 0.1) is 0 Å². The smallest absolute Gasteiger partial charge is 0.338 e. The highest BCUT2D eigenvalue weighted by atomic mass is 35.5. The van der Waals surface area contributed by atoms with E-state index in [1.54, 1.807) is 36.5 Å². The van der Waals surface area contributed by atoms with Crippen LogP contribution in [0.25, 0.3) is 0 Å². The fourth-order valence-corrected chi connectivity index (χ4v) is 2.03. The standard InChI is InChI=1S/C16H16ClNO3/c1-2-9-21-16(20)13-5-3-12(4-6-13)10-18-11-14(17)7-8-15(18)19/h3-8,11H,2,9-10H2,1H3. The summed E-state index contributed by atoms with van der Waals surface area (Å²) in [6.45, 7) is 2.77. The largest absolute Gasteiger partial charge is 0.462 e. The minimum Gasteiger partial charge on any atom is -0.462 e. The fraction of sp³-hybridized carbons (Fsp3) is 0.250. The molecule has 0 saturated heterocycles. The van der Waals surface area contributed by atoms with Crippen molar-refractivity contribution in [3.8, 4) is 0 Å². The van der Waals surface area contributed by atoms with Crippen LogP contribution >= 0.6 is 11.6 Å². The van der Waals surface area contributed by atoms with Gasteiger partial charge in [0, 0.05) is 12.3 Å². The van der Waals surface area contributed by atoms with E-state index in [0.717, 1.165) is 12.0 Å². The van der Waals surface area contributed by atoms with E-state index >= 15 is 0 Å². The monoisotopic (exact) mass is 305 g/mol. The number of nitrogens with zero attached hydrogens (tertiary/aromatic N) is 1. The van der Waals surface area contributed by atoms with E-state index in [1.165, 1.54) is 10.6 Å². The van der Waals surface area contributed by atoms with Crippen LogP contribution in [0.2, 0.25) is 5.02 Å². The second-order valence-electron chi connectivity index (χ2n) is 4.65. The molecular formula is C16H16ClNO3. The molecule has 0 atom stereocenters. The number of aromatic nitrogens is 1. The predicted molar refractivity (Wildman–Crippen MR) is 81.8 cm³/mol. The molecule has 1 heterocycles. The van der Waals surface area contributed by atoms with Gasteiger partial charge in [0.2, 0.25) is 0 Å². The average Bonchev–Trinajstić information content (AvgIpc) is 2.49. The Bertz CT molecular complexity index is 677. The van der Waals surface area contributed by atoms with Crippen molar-refractivity contribution in [3.63, 3.8) is 0 Å². The number of rotatable bonds is 5. The molecule has 0 unspecified atom stereocenters. The van der Waals surface area contributed by atoms with Gasteiger partial charge in [-0.1, -0.05) is 30.7 Å². The summed E-state index contributed by atoms with van der Waals surface area (Å²) in [5.41, 5.74) is 1.29. The molecule has 0 fully saturated rings. The Morgan fingerprint density at radius 3 is 2.57 bits per heavy atom. The first-order valence-electron chi connectivity index (χ1n) is 6.72. The molecule has 2 rings (SSSR count). The Hall–Kier alpha value is -2.07. The highest BCUT2D eigenvalue weighted by Crippen LogP contribution is 2.09. The minimum absolute atomic E-state index is 0.120. The molecule has 21 heavy (non-hydrogen) atoms. The molecule has 0 aliphatic carbocycles. The first kappa shape index (κ1) is 15.3. The molecule has 0 spiro atoms. The van der Waals surface area contributed by atoms with E-state index in [0.29, 0.717) is 23.7 Å². The van der Waals surface area contributed by atoms with Crippen LogP contribution in [0.4, 0.5) is 0 Å². The summed E-state index contributed by atoms with van der Waals surface area (Å²) in [6, 6.07) is 9.99. The Morgan fingerprint density at radius 1 is 1.19 bits per heavy atom. The van der Waals surface area contributed by atoms with Crippen LogP contribution in [-0.4, -0.2) is 17.1 Å². The summed E-state index contributed by atoms with van der Waals surface area (Å²) in [5.74, 6) is -0.330. The normalized spacial score (nSPS) is 10.4. The lowest BCUT2D eigenvalue weighted by Crippen LogP contribution is -2.18. The predicted octanol–water partition coefficient (Wildman–Crippen LogP) is 3.12. The van der Waals surface area contributed by atoms with E-state index in [4.69, 9.17) is 16.3 Å². The van der Waals surface area contributed by atoms with Crippen molar-refractivity contribution >= 4 is 17.6 Å². The Labute approximate surface area is 127 Å². The maximum Gasteiger partial charge on any atom is 0.338 e. The van der Waals surface area contributed by atoms with E-state index < -0.39 is 0 Å². The number of halogens is 1. The number of hydrogen-bond acceptors (Lipinski definition) is 3. The molecule has 0 amide bonds. The van der Waals surface area contributed by atoms with Gasteiger partial charge in [-0.15, -0.1) is 0 Å². The number of benzene rings is 1. The lowest BCUT2D eigenvalue weighted by atomic mass is 10.1. The Morgan fingerprint density at radius 2 is 1.90 bits per heavy atom. The highest BCUT2D eigenvalue weighted by molar-refractivity contribution is 6.30. The second-order valence-corrected chi connectivity index (χ2v) is 5.08. The second kappa shape index (κ2) is 7.09. The van der Waals surface area contributed by atoms with Crippen molar-refractivity contribution < 1.29 is 9.53 Å². The molecule has 1 aromatic heterocycles. The minimum atomic E-state index is -0.330. The topological polar surface area (TPSA) is 48.3 Å². The fourth-order valence-electron chi connectivity index (χ4n) is 1.85. The highest BCUT2D eigenvalue weighted by Gasteiger charge is 2.06. The van der Waals surface area contributed by atoms with Gasteiger partial charge in [-0.25, -0.2) is 4.79 Å². The van der Waals surface area contributed by atoms with Crippen molar-refractivity contribution in [2.45, 2.75) is 19.9 Å². The molecule has 0 bridgehead atoms. The molecule has 0 aliphatic rings. The molecule has 4 nitrogen and oxygen atoms in total. The van der Waals surface area contributed by atoms with Gasteiger partial charge in [-0.2, -0.15) is 0 Å². The molecule has 0 aliphatic heterocycles. The summed E-state index contributed by atoms with van der Waals surface area (Å²) in [4.78, 5) is 23.4. The van der Waals surface area contributed by atoms with Gasteiger partial charge in [0.15, 0.2) is 0 Å². The van der Waals surface area contributed by atoms with Crippen LogP contribution in [0.1, 0.15) is 29.3 Å². The van der Waals surface area contributed by atoms with Crippen LogP contribution in [0.15, 0.2) is 47.4 Å². The summed E-state index contributed by atoms with van der Waals surface area (Å²) in [7, 11) is 0. The van der Waals surface area contributed by atoms with Gasteiger partial charge in [0.05, 0.1) is 23.7 Å². The number of hydrogen-bond donors (Lipinski definition) is 0. The van der Waals surface area contributed by atoms with Gasteiger partial charge in [-0.05, 0) is 30.2 Å². The van der Waals surface area contributed by atoms with E-state index in [1.807, 2.05) is 6.92 Å². The van der Waals surface area contributed by atoms with Crippen molar-refractivity contribution in [3.05, 3.63) is 69.1 Å². The molecule has 0 radical (unpaired) electrons. The van der Waals surface area contributed by atoms with E-state index in [-0.39, 0.29) is 11.5 Å². The summed E-state index contributed by atoms with van der Waals surface area (Å²) < 4.78 is 6.58. The van der Waals surface area contributed by atoms with Gasteiger partial charge in [0.1, 0.15) is 0 Å². The first-order chi connectivity index (χ1) is 10.1. The Kier molecular flexibility index (Phi) is 5.17. The van der Waals surface area contributed by atoms with Crippen LogP contribution in [0.5, 0.6) is 0 Å². The third-order valence-corrected chi connectivity index (χ3v) is 3.15. The van der Waals surface area contributed by atoms with E-state index in [2.05, 4.69) is 0 Å². The lowest BCUT2D eigenvalue weighted by Gasteiger charge is -2.07. The summed E-state index contributed by atoms with van der Waals surface area (Å²) in [5, 5.41) is 0.509. The number of carbonyl (C=O) groups excluding carboxylic acids is 1. The van der Waals surface area contributed by atoms with Crippen LogP contribution in [-0.2, 0) is 11.3 Å². The molecular weight excluding hydrogens is 290 g/mol. The molecule has 2 aromatic rings. The van der Waals surface area contributed by atoms with Gasteiger partial charge in [0.25, 0.3) is 5.56 Å². The zero-order valence-electron chi connectivity index (χ0n) is 11.7. The van der Waals surface area contributed by atoms with E-state index in [9.17, 15) is 9.59 Å². The number of ether oxygens (including phenoxy) is 1. The van der Waals surface area contributed by atoms with Crippen LogP contribution < -0.4 is 5.56 Å². The first-order valence-corrected chi connectivity index (χ1v) is 7.10. The zero-order valence-corrected chi connectivity index (χ0v) is 12.5. The summed E-state index contributed by atoms with van der Waals surface area (Å²) in [6.07, 6.45) is 2.38. The van der Waals surface area contributed by atoms with Crippen molar-refractivity contribution in [1.29, 1.82) is 0 Å². The third kappa shape index (κ3) is 4.20.